The minimum Gasteiger partial charge on any atom is -0.494 e. The van der Waals surface area contributed by atoms with Gasteiger partial charge in [0.1, 0.15) is 11.5 Å². The van der Waals surface area contributed by atoms with Gasteiger partial charge in [0.25, 0.3) is 0 Å². The number of hydrogen-bond donors (Lipinski definition) is 0. The molecule has 1 saturated carbocycles. The van der Waals surface area contributed by atoms with E-state index >= 15 is 0 Å². The van der Waals surface area contributed by atoms with Crippen LogP contribution in [-0.4, -0.2) is 52.2 Å². The fraction of sp³-hybridized carbons (Fsp3) is 0.700. The van der Waals surface area contributed by atoms with Crippen LogP contribution in [0.2, 0.25) is 0 Å². The highest BCUT2D eigenvalue weighted by molar-refractivity contribution is 5.32. The van der Waals surface area contributed by atoms with E-state index in [4.69, 9.17) is 28.4 Å². The Balaban J connectivity index is 0.876. The maximum atomic E-state index is 6.03. The summed E-state index contributed by atoms with van der Waals surface area (Å²) < 4.78 is 35.0. The summed E-state index contributed by atoms with van der Waals surface area (Å²) in [6.45, 7) is 4.90. The van der Waals surface area contributed by atoms with Crippen molar-refractivity contribution in [3.63, 3.8) is 0 Å². The van der Waals surface area contributed by atoms with Crippen LogP contribution in [0.3, 0.4) is 0 Å². The first kappa shape index (κ1) is 35.2. The lowest BCUT2D eigenvalue weighted by Crippen LogP contribution is -2.22. The number of ether oxygens (including phenoxy) is 6. The van der Waals surface area contributed by atoms with Crippen molar-refractivity contribution < 1.29 is 28.4 Å². The molecule has 1 aliphatic carbocycles. The zero-order chi connectivity index (χ0) is 31.5. The van der Waals surface area contributed by atoms with Crippen LogP contribution in [0.5, 0.6) is 11.5 Å². The molecule has 6 heteroatoms. The van der Waals surface area contributed by atoms with Crippen LogP contribution in [0.4, 0.5) is 0 Å². The molecular formula is C40H60O6. The summed E-state index contributed by atoms with van der Waals surface area (Å²) in [5, 5.41) is 0. The van der Waals surface area contributed by atoms with Crippen molar-refractivity contribution in [2.24, 2.45) is 0 Å². The van der Waals surface area contributed by atoms with E-state index < -0.39 is 0 Å². The van der Waals surface area contributed by atoms with E-state index in [-0.39, 0.29) is 12.6 Å². The summed E-state index contributed by atoms with van der Waals surface area (Å²) in [5.74, 6) is 3.29. The molecule has 0 bridgehead atoms. The molecule has 2 heterocycles. The van der Waals surface area contributed by atoms with Gasteiger partial charge in [0.05, 0.1) is 13.2 Å². The Morgan fingerprint density at radius 1 is 0.435 bits per heavy atom. The Kier molecular flexibility index (Phi) is 16.0. The number of hydrogen-bond acceptors (Lipinski definition) is 6. The molecule has 256 valence electrons. The molecular weight excluding hydrogens is 576 g/mol. The van der Waals surface area contributed by atoms with Crippen LogP contribution in [-0.2, 0) is 18.9 Å². The zero-order valence-electron chi connectivity index (χ0n) is 28.3. The van der Waals surface area contributed by atoms with Crippen molar-refractivity contribution in [2.75, 3.05) is 39.6 Å². The molecule has 2 aromatic rings. The van der Waals surface area contributed by atoms with E-state index in [1.165, 1.54) is 88.2 Å². The third kappa shape index (κ3) is 12.8. The molecule has 2 aromatic carbocycles. The number of rotatable bonds is 20. The highest BCUT2D eigenvalue weighted by Gasteiger charge is 2.23. The highest BCUT2D eigenvalue weighted by Crippen LogP contribution is 2.41. The van der Waals surface area contributed by atoms with Gasteiger partial charge in [0, 0.05) is 26.4 Å². The lowest BCUT2D eigenvalue weighted by atomic mass is 9.76. The van der Waals surface area contributed by atoms with Gasteiger partial charge in [-0.1, -0.05) is 37.1 Å². The van der Waals surface area contributed by atoms with Gasteiger partial charge in [0.2, 0.25) is 0 Å². The lowest BCUT2D eigenvalue weighted by molar-refractivity contribution is -0.163. The second kappa shape index (κ2) is 21.0. The highest BCUT2D eigenvalue weighted by atomic mass is 16.7. The summed E-state index contributed by atoms with van der Waals surface area (Å²) in [6, 6.07) is 17.8. The predicted octanol–water partition coefficient (Wildman–Crippen LogP) is 10.1. The topological polar surface area (TPSA) is 55.4 Å². The fourth-order valence-electron chi connectivity index (χ4n) is 7.04. The largest absolute Gasteiger partial charge is 0.494 e. The Labute approximate surface area is 278 Å². The Morgan fingerprint density at radius 2 is 0.826 bits per heavy atom. The lowest BCUT2D eigenvalue weighted by Gasteiger charge is -2.29. The van der Waals surface area contributed by atoms with Crippen molar-refractivity contribution >= 4 is 0 Å². The normalized spacial score (nSPS) is 23.7. The molecule has 2 saturated heterocycles. The molecule has 0 radical (unpaired) electrons. The molecule has 3 fully saturated rings. The van der Waals surface area contributed by atoms with Crippen LogP contribution in [0.1, 0.15) is 139 Å². The number of unbranched alkanes of at least 4 members (excludes halogenated alkanes) is 6. The second-order valence-electron chi connectivity index (χ2n) is 13.5. The zero-order valence-corrected chi connectivity index (χ0v) is 28.3. The standard InChI is InChI=1S/C40H60O6/c1(3-9-29-43-39-13-5-11-31-45-39)7-27-41-37-23-19-35(20-24-37)33-15-17-34(18-16-33)36-21-25-38(26-22-36)42-28-8-2-4-10-30-44-40-14-6-12-32-46-40/h19-26,33-34,39-40H,1-18,27-32H2. The average molecular weight is 637 g/mol. The van der Waals surface area contributed by atoms with Gasteiger partial charge in [-0.15, -0.1) is 0 Å². The van der Waals surface area contributed by atoms with Crippen LogP contribution >= 0.6 is 0 Å². The van der Waals surface area contributed by atoms with Gasteiger partial charge in [-0.2, -0.15) is 0 Å². The summed E-state index contributed by atoms with van der Waals surface area (Å²) in [5.41, 5.74) is 2.92. The maximum Gasteiger partial charge on any atom is 0.157 e. The summed E-state index contributed by atoms with van der Waals surface area (Å²) in [7, 11) is 0. The average Bonchev–Trinajstić information content (AvgIpc) is 3.12. The number of benzene rings is 2. The Morgan fingerprint density at radius 3 is 1.20 bits per heavy atom. The Hall–Kier alpha value is -2.12. The van der Waals surface area contributed by atoms with Gasteiger partial charge < -0.3 is 28.4 Å². The monoisotopic (exact) mass is 636 g/mol. The van der Waals surface area contributed by atoms with Gasteiger partial charge in [-0.3, -0.25) is 0 Å². The smallest absolute Gasteiger partial charge is 0.157 e. The summed E-state index contributed by atoms with van der Waals surface area (Å²) in [4.78, 5) is 0. The maximum absolute atomic E-state index is 6.03. The molecule has 3 aliphatic rings. The van der Waals surface area contributed by atoms with Crippen molar-refractivity contribution in [1.82, 2.24) is 0 Å². The van der Waals surface area contributed by atoms with Crippen LogP contribution < -0.4 is 9.47 Å². The van der Waals surface area contributed by atoms with Gasteiger partial charge in [-0.25, -0.2) is 0 Å². The SMILES string of the molecule is c1cc(C2CCC(c3ccc(OCCCCCCOC4CCCCO4)cc3)CC2)ccc1OCCCCCCOC1CCCCO1. The molecule has 5 rings (SSSR count). The minimum absolute atomic E-state index is 0.0392. The fourth-order valence-corrected chi connectivity index (χ4v) is 7.04. The first-order valence-corrected chi connectivity index (χ1v) is 18.8. The third-order valence-electron chi connectivity index (χ3n) is 9.93. The van der Waals surface area contributed by atoms with E-state index in [1.54, 1.807) is 0 Å². The molecule has 6 nitrogen and oxygen atoms in total. The van der Waals surface area contributed by atoms with E-state index in [2.05, 4.69) is 48.5 Å². The molecule has 0 spiro atoms. The third-order valence-corrected chi connectivity index (χ3v) is 9.93. The van der Waals surface area contributed by atoms with Gasteiger partial charge in [-0.05, 0) is 150 Å². The molecule has 2 unspecified atom stereocenters. The first-order valence-electron chi connectivity index (χ1n) is 18.8. The van der Waals surface area contributed by atoms with Crippen molar-refractivity contribution in [2.45, 2.75) is 140 Å². The van der Waals surface area contributed by atoms with Crippen molar-refractivity contribution in [1.29, 1.82) is 0 Å². The van der Waals surface area contributed by atoms with E-state index in [0.29, 0.717) is 11.8 Å². The van der Waals surface area contributed by atoms with Gasteiger partial charge >= 0.3 is 0 Å². The molecule has 0 amide bonds. The minimum atomic E-state index is 0.0392. The molecule has 2 aliphatic heterocycles. The van der Waals surface area contributed by atoms with Crippen LogP contribution in [0.25, 0.3) is 0 Å². The van der Waals surface area contributed by atoms with Crippen LogP contribution in [0, 0.1) is 0 Å². The van der Waals surface area contributed by atoms with Crippen LogP contribution in [0.15, 0.2) is 48.5 Å². The van der Waals surface area contributed by atoms with E-state index in [9.17, 15) is 0 Å². The summed E-state index contributed by atoms with van der Waals surface area (Å²) in [6.07, 6.45) is 21.1. The quantitative estimate of drug-likeness (QED) is 0.135. The molecule has 46 heavy (non-hydrogen) atoms. The molecule has 0 N–H and O–H groups in total. The molecule has 2 atom stereocenters. The summed E-state index contributed by atoms with van der Waals surface area (Å²) >= 11 is 0. The Bertz CT molecular complexity index is 951. The van der Waals surface area contributed by atoms with Gasteiger partial charge in [0.15, 0.2) is 12.6 Å². The van der Waals surface area contributed by atoms with E-state index in [0.717, 1.165) is 89.7 Å². The molecule has 0 aromatic heterocycles. The van der Waals surface area contributed by atoms with E-state index in [1.807, 2.05) is 0 Å². The second-order valence-corrected chi connectivity index (χ2v) is 13.5. The van der Waals surface area contributed by atoms with Crippen molar-refractivity contribution in [3.05, 3.63) is 59.7 Å². The van der Waals surface area contributed by atoms with Crippen molar-refractivity contribution in [3.8, 4) is 11.5 Å². The predicted molar refractivity (Wildman–Crippen MR) is 184 cm³/mol. The first-order chi connectivity index (χ1) is 22.8.